The van der Waals surface area contributed by atoms with E-state index in [0.717, 1.165) is 10.8 Å². The average molecular weight is 866 g/mol. The number of nitrogens with zero attached hydrogens (tertiary/aromatic N) is 2. The Morgan fingerprint density at radius 2 is 1.56 bits per heavy atom. The maximum absolute atomic E-state index is 14.6. The number of cyclic esters (lactones) is 2. The number of benzene rings is 2. The van der Waals surface area contributed by atoms with Crippen molar-refractivity contribution in [3.63, 3.8) is 0 Å². The van der Waals surface area contributed by atoms with Gasteiger partial charge < -0.3 is 45.1 Å². The van der Waals surface area contributed by atoms with Crippen LogP contribution in [0.1, 0.15) is 100 Å². The van der Waals surface area contributed by atoms with Gasteiger partial charge in [-0.2, -0.15) is 0 Å². The van der Waals surface area contributed by atoms with E-state index < -0.39 is 114 Å². The zero-order chi connectivity index (χ0) is 46.2. The molecule has 0 aromatic heterocycles. The fourth-order valence-corrected chi connectivity index (χ4v) is 7.89. The summed E-state index contributed by atoms with van der Waals surface area (Å²) in [7, 11) is 1.46. The summed E-state index contributed by atoms with van der Waals surface area (Å²) in [5.41, 5.74) is -0.263. The second-order valence-electron chi connectivity index (χ2n) is 18.7. The van der Waals surface area contributed by atoms with Crippen molar-refractivity contribution in [2.75, 3.05) is 13.6 Å². The van der Waals surface area contributed by atoms with Crippen LogP contribution in [0.25, 0.3) is 10.8 Å². The lowest BCUT2D eigenvalue weighted by Gasteiger charge is -2.35. The van der Waals surface area contributed by atoms with Crippen molar-refractivity contribution in [2.24, 2.45) is 17.8 Å². The molecular formula is C46H67N5O11. The molecule has 0 aliphatic carbocycles. The largest absolute Gasteiger partial charge is 0.458 e. The van der Waals surface area contributed by atoms with Crippen LogP contribution in [0.15, 0.2) is 42.5 Å². The van der Waals surface area contributed by atoms with Crippen LogP contribution in [0.4, 0.5) is 4.79 Å². The Hall–Kier alpha value is -5.25. The van der Waals surface area contributed by atoms with Crippen LogP contribution in [-0.4, -0.2) is 124 Å². The quantitative estimate of drug-likeness (QED) is 0.231. The van der Waals surface area contributed by atoms with Crippen molar-refractivity contribution in [1.29, 1.82) is 0 Å². The third kappa shape index (κ3) is 13.1. The Balaban J connectivity index is 1.83. The Morgan fingerprint density at radius 3 is 2.18 bits per heavy atom. The third-order valence-corrected chi connectivity index (χ3v) is 11.1. The van der Waals surface area contributed by atoms with Crippen LogP contribution in [0, 0.1) is 17.8 Å². The molecule has 8 atom stereocenters. The Morgan fingerprint density at radius 1 is 0.903 bits per heavy atom. The van der Waals surface area contributed by atoms with Crippen LogP contribution in [0.3, 0.4) is 0 Å². The molecule has 2 fully saturated rings. The number of rotatable bonds is 7. The number of ether oxygens (including phenoxy) is 3. The number of fused-ring (bicyclic) bond motifs is 2. The van der Waals surface area contributed by atoms with E-state index in [4.69, 9.17) is 14.2 Å². The van der Waals surface area contributed by atoms with E-state index in [1.807, 2.05) is 56.3 Å². The fourth-order valence-electron chi connectivity index (χ4n) is 7.89. The molecule has 16 heteroatoms. The second-order valence-corrected chi connectivity index (χ2v) is 18.7. The number of hydrogen-bond acceptors (Lipinski definition) is 11. The first kappa shape index (κ1) is 49.4. The van der Waals surface area contributed by atoms with Crippen molar-refractivity contribution < 1.29 is 52.9 Å². The molecule has 2 aromatic carbocycles. The minimum Gasteiger partial charge on any atom is -0.458 e. The number of carbonyl (C=O) groups excluding carboxylic acids is 7. The lowest BCUT2D eigenvalue weighted by Crippen LogP contribution is -2.59. The Labute approximate surface area is 365 Å². The van der Waals surface area contributed by atoms with Crippen molar-refractivity contribution in [2.45, 2.75) is 155 Å². The summed E-state index contributed by atoms with van der Waals surface area (Å²) in [5, 5.41) is 21.3. The first-order valence-corrected chi connectivity index (χ1v) is 21.7. The topological polar surface area (TPSA) is 210 Å². The van der Waals surface area contributed by atoms with Crippen molar-refractivity contribution in [3.05, 3.63) is 48.0 Å². The van der Waals surface area contributed by atoms with Gasteiger partial charge in [0, 0.05) is 20.0 Å². The molecule has 2 aliphatic heterocycles. The number of hydrogen-bond donors (Lipinski definition) is 4. The predicted octanol–water partition coefficient (Wildman–Crippen LogP) is 4.03. The van der Waals surface area contributed by atoms with Crippen molar-refractivity contribution in [1.82, 2.24) is 25.8 Å². The molecule has 0 spiro atoms. The molecule has 0 radical (unpaired) electrons. The summed E-state index contributed by atoms with van der Waals surface area (Å²) in [6.45, 7) is 17.1. The SMILES string of the molecule is CC(C)C[C@@H]1NC(=O)[C@H](C(C)C)OC(=O)C[C@H](O)[C@@H](C(C)C)NC(=O)[C@@H](NC(=O)OC(C)(C)C)[C@@H](C)OC(=O)[C@H](Cc2ccc3ccccc3c2)N(C)C(=O)[C@@H]2CCCN2C1=O. The number of carbonyl (C=O) groups is 7. The molecule has 0 saturated carbocycles. The lowest BCUT2D eigenvalue weighted by molar-refractivity contribution is -0.162. The van der Waals surface area contributed by atoms with E-state index >= 15 is 0 Å². The predicted molar refractivity (Wildman–Crippen MR) is 231 cm³/mol. The van der Waals surface area contributed by atoms with Gasteiger partial charge >= 0.3 is 18.0 Å². The Bertz CT molecular complexity index is 1940. The highest BCUT2D eigenvalue weighted by Crippen LogP contribution is 2.26. The monoisotopic (exact) mass is 865 g/mol. The van der Waals surface area contributed by atoms with Gasteiger partial charge in [0.15, 0.2) is 6.10 Å². The molecule has 16 nitrogen and oxygen atoms in total. The molecular weight excluding hydrogens is 799 g/mol. The molecule has 62 heavy (non-hydrogen) atoms. The number of aliphatic hydroxyl groups excluding tert-OH is 1. The molecule has 4 N–H and O–H groups in total. The highest BCUT2D eigenvalue weighted by atomic mass is 16.6. The summed E-state index contributed by atoms with van der Waals surface area (Å²) >= 11 is 0. The zero-order valence-corrected chi connectivity index (χ0v) is 38.1. The van der Waals surface area contributed by atoms with Crippen LogP contribution in [-0.2, 0) is 49.4 Å². The number of esters is 2. The average Bonchev–Trinajstić information content (AvgIpc) is 3.67. The molecule has 2 aliphatic rings. The van der Waals surface area contributed by atoms with Crippen LogP contribution in [0.5, 0.6) is 0 Å². The maximum Gasteiger partial charge on any atom is 0.408 e. The van der Waals surface area contributed by atoms with E-state index in [2.05, 4.69) is 16.0 Å². The smallest absolute Gasteiger partial charge is 0.408 e. The van der Waals surface area contributed by atoms with Crippen molar-refractivity contribution in [3.8, 4) is 0 Å². The van der Waals surface area contributed by atoms with Gasteiger partial charge in [-0.05, 0) is 81.0 Å². The highest BCUT2D eigenvalue weighted by molar-refractivity contribution is 5.95. The van der Waals surface area contributed by atoms with Gasteiger partial charge in [0.05, 0.1) is 18.6 Å². The molecule has 0 unspecified atom stereocenters. The van der Waals surface area contributed by atoms with Crippen LogP contribution in [0.2, 0.25) is 0 Å². The third-order valence-electron chi connectivity index (χ3n) is 11.1. The van der Waals surface area contributed by atoms with Gasteiger partial charge in [0.1, 0.15) is 35.9 Å². The van der Waals surface area contributed by atoms with Gasteiger partial charge in [0.2, 0.25) is 17.7 Å². The van der Waals surface area contributed by atoms with E-state index in [1.165, 1.54) is 23.8 Å². The Kier molecular flexibility index (Phi) is 16.9. The maximum atomic E-state index is 14.6. The van der Waals surface area contributed by atoms with Crippen LogP contribution >= 0.6 is 0 Å². The van der Waals surface area contributed by atoms with Gasteiger partial charge in [0.25, 0.3) is 5.91 Å². The van der Waals surface area contributed by atoms with Gasteiger partial charge in [-0.1, -0.05) is 84.0 Å². The van der Waals surface area contributed by atoms with Gasteiger partial charge in [-0.15, -0.1) is 0 Å². The number of likely N-dealkylation sites (N-methyl/N-ethyl adjacent to an activating group) is 1. The second kappa shape index (κ2) is 21.2. The lowest BCUT2D eigenvalue weighted by atomic mass is 9.95. The molecule has 342 valence electrons. The molecule has 5 amide bonds. The summed E-state index contributed by atoms with van der Waals surface area (Å²) in [5.74, 6) is -5.50. The van der Waals surface area contributed by atoms with E-state index in [9.17, 15) is 38.7 Å². The summed E-state index contributed by atoms with van der Waals surface area (Å²) < 4.78 is 17.1. The molecule has 2 saturated heterocycles. The zero-order valence-electron chi connectivity index (χ0n) is 38.1. The summed E-state index contributed by atoms with van der Waals surface area (Å²) in [4.78, 5) is 101. The minimum absolute atomic E-state index is 0.00603. The van der Waals surface area contributed by atoms with Gasteiger partial charge in [-0.3, -0.25) is 24.0 Å². The van der Waals surface area contributed by atoms with Gasteiger partial charge in [-0.25, -0.2) is 9.59 Å². The number of amides is 5. The molecule has 0 bridgehead atoms. The van der Waals surface area contributed by atoms with Crippen LogP contribution < -0.4 is 16.0 Å². The van der Waals surface area contributed by atoms with Crippen molar-refractivity contribution >= 4 is 52.4 Å². The van der Waals surface area contributed by atoms with E-state index in [-0.39, 0.29) is 25.3 Å². The number of nitrogens with one attached hydrogen (secondary N) is 3. The first-order valence-electron chi connectivity index (χ1n) is 21.7. The fraction of sp³-hybridized carbons (Fsp3) is 0.630. The number of alkyl carbamates (subject to hydrolysis) is 1. The molecule has 2 aromatic rings. The highest BCUT2D eigenvalue weighted by Gasteiger charge is 2.44. The van der Waals surface area contributed by atoms with E-state index in [0.29, 0.717) is 18.4 Å². The standard InChI is InChI=1S/C46H67N5O11/c1-25(2)21-32-42(56)51-20-14-17-33(51)43(57)50(11)34(23-29-18-19-30-15-12-13-16-31(30)22-29)44(58)60-28(7)38(49-45(59)62-46(8,9)10)40(54)48-37(26(3)4)35(52)24-36(53)61-39(27(5)6)41(55)47-32/h12-13,15-16,18-19,22,25-28,32-35,37-39,52H,14,17,20-21,23-24H2,1-11H3,(H,47,55)(H,48,54)(H,49,59)/t28-,32+,33+,34+,35+,37-,38+,39+/m1/s1. The summed E-state index contributed by atoms with van der Waals surface area (Å²) in [6, 6.07) is 7.33. The normalized spacial score (nSPS) is 26.8. The number of aliphatic hydroxyl groups is 1. The van der Waals surface area contributed by atoms with E-state index in [1.54, 1.807) is 48.5 Å². The molecule has 2 heterocycles. The molecule has 4 rings (SSSR count). The minimum atomic E-state index is -1.58. The summed E-state index contributed by atoms with van der Waals surface area (Å²) in [6.07, 6.45) is -4.86. The first-order chi connectivity index (χ1) is 29.0.